The first-order valence-corrected chi connectivity index (χ1v) is 9.90. The number of nitrogens with zero attached hydrogens (tertiary/aromatic N) is 1. The lowest BCUT2D eigenvalue weighted by Crippen LogP contribution is -2.40. The lowest BCUT2D eigenvalue weighted by atomic mass is 10.0. The molecule has 1 unspecified atom stereocenters. The van der Waals surface area contributed by atoms with E-state index in [0.717, 1.165) is 17.0 Å². The van der Waals surface area contributed by atoms with Crippen LogP contribution in [0, 0.1) is 0 Å². The van der Waals surface area contributed by atoms with E-state index in [1.807, 2.05) is 36.9 Å². The molecule has 1 aromatic rings. The lowest BCUT2D eigenvalue weighted by molar-refractivity contribution is -0.122. The quantitative estimate of drug-likeness (QED) is 0.833. The number of piperidine rings is 1. The Morgan fingerprint density at radius 1 is 1.38 bits per heavy atom. The van der Waals surface area contributed by atoms with Crippen LogP contribution in [0.3, 0.4) is 0 Å². The number of likely N-dealkylation sites (N-methyl/N-ethyl adjacent to an activating group) is 1. The Morgan fingerprint density at radius 3 is 2.71 bits per heavy atom. The lowest BCUT2D eigenvalue weighted by Gasteiger charge is -2.36. The molecular formula is C18H25ClN2O2S. The molecule has 2 bridgehead atoms. The molecule has 0 aliphatic carbocycles. The minimum absolute atomic E-state index is 0.0228. The minimum Gasteiger partial charge on any atom is -0.484 e. The monoisotopic (exact) mass is 368 g/mol. The van der Waals surface area contributed by atoms with Crippen molar-refractivity contribution in [3.8, 4) is 5.75 Å². The van der Waals surface area contributed by atoms with E-state index in [-0.39, 0.29) is 12.5 Å². The maximum atomic E-state index is 11.4. The molecule has 6 heteroatoms. The number of amides is 1. The van der Waals surface area contributed by atoms with Crippen LogP contribution in [0.25, 0.3) is 0 Å². The van der Waals surface area contributed by atoms with Gasteiger partial charge in [0.2, 0.25) is 0 Å². The largest absolute Gasteiger partial charge is 0.484 e. The van der Waals surface area contributed by atoms with Gasteiger partial charge in [0.1, 0.15) is 5.75 Å². The number of hydrogen-bond acceptors (Lipinski definition) is 4. The predicted molar refractivity (Wildman–Crippen MR) is 99.1 cm³/mol. The molecule has 1 N–H and O–H groups in total. The molecule has 0 saturated carbocycles. The molecule has 2 aliphatic heterocycles. The summed E-state index contributed by atoms with van der Waals surface area (Å²) in [5.74, 6) is 0.521. The molecule has 2 fully saturated rings. The Balaban J connectivity index is 1.56. The summed E-state index contributed by atoms with van der Waals surface area (Å²) in [5, 5.41) is 4.05. The smallest absolute Gasteiger partial charge is 0.257 e. The van der Waals surface area contributed by atoms with Gasteiger partial charge in [0.25, 0.3) is 5.91 Å². The van der Waals surface area contributed by atoms with Crippen LogP contribution >= 0.6 is 23.4 Å². The van der Waals surface area contributed by atoms with Crippen molar-refractivity contribution in [1.82, 2.24) is 10.2 Å². The fourth-order valence-electron chi connectivity index (χ4n) is 3.70. The second kappa shape index (κ2) is 7.98. The van der Waals surface area contributed by atoms with Crippen LogP contribution < -0.4 is 10.1 Å². The highest BCUT2D eigenvalue weighted by atomic mass is 35.5. The predicted octanol–water partition coefficient (Wildman–Crippen LogP) is 3.57. The average molecular weight is 369 g/mol. The SMILES string of the molecule is CCNC(=O)COc1ccc(SC2C[C@H]3CC[C@@H](C2)N3C)c(Cl)c1. The van der Waals surface area contributed by atoms with Crippen molar-refractivity contribution in [1.29, 1.82) is 0 Å². The molecule has 1 aromatic carbocycles. The summed E-state index contributed by atoms with van der Waals surface area (Å²) < 4.78 is 5.49. The first-order chi connectivity index (χ1) is 11.6. The molecular weight excluding hydrogens is 344 g/mol. The third kappa shape index (κ3) is 4.19. The average Bonchev–Trinajstić information content (AvgIpc) is 2.77. The van der Waals surface area contributed by atoms with E-state index in [1.54, 1.807) is 0 Å². The summed E-state index contributed by atoms with van der Waals surface area (Å²) >= 11 is 8.32. The van der Waals surface area contributed by atoms with Crippen molar-refractivity contribution in [3.05, 3.63) is 23.2 Å². The van der Waals surface area contributed by atoms with Crippen LogP contribution in [0.2, 0.25) is 5.02 Å². The fraction of sp³-hybridized carbons (Fsp3) is 0.611. The number of halogens is 1. The van der Waals surface area contributed by atoms with Crippen LogP contribution in [0.4, 0.5) is 0 Å². The highest BCUT2D eigenvalue weighted by Crippen LogP contribution is 2.43. The second-order valence-corrected chi connectivity index (χ2v) is 8.35. The zero-order valence-corrected chi connectivity index (χ0v) is 15.8. The molecule has 0 aromatic heterocycles. The van der Waals surface area contributed by atoms with E-state index in [4.69, 9.17) is 16.3 Å². The fourth-order valence-corrected chi connectivity index (χ4v) is 5.32. The number of fused-ring (bicyclic) bond motifs is 2. The van der Waals surface area contributed by atoms with Crippen molar-refractivity contribution in [2.45, 2.75) is 54.8 Å². The van der Waals surface area contributed by atoms with Crippen molar-refractivity contribution in [2.75, 3.05) is 20.2 Å². The Labute approximate surface area is 153 Å². The highest BCUT2D eigenvalue weighted by molar-refractivity contribution is 8.00. The first kappa shape index (κ1) is 17.9. The zero-order chi connectivity index (χ0) is 17.1. The van der Waals surface area contributed by atoms with Gasteiger partial charge in [0.05, 0.1) is 5.02 Å². The Bertz CT molecular complexity index is 584. The number of hydrogen-bond donors (Lipinski definition) is 1. The molecule has 2 saturated heterocycles. The minimum atomic E-state index is -0.117. The maximum absolute atomic E-state index is 11.4. The van der Waals surface area contributed by atoms with E-state index in [1.165, 1.54) is 25.7 Å². The van der Waals surface area contributed by atoms with Gasteiger partial charge in [0.15, 0.2) is 6.61 Å². The van der Waals surface area contributed by atoms with E-state index < -0.39 is 0 Å². The van der Waals surface area contributed by atoms with Crippen LogP contribution in [0.1, 0.15) is 32.6 Å². The van der Waals surface area contributed by atoms with Crippen LogP contribution in [-0.2, 0) is 4.79 Å². The molecule has 3 atom stereocenters. The summed E-state index contributed by atoms with van der Waals surface area (Å²) in [6.45, 7) is 2.52. The molecule has 1 amide bonds. The van der Waals surface area contributed by atoms with Crippen molar-refractivity contribution < 1.29 is 9.53 Å². The molecule has 132 valence electrons. The topological polar surface area (TPSA) is 41.6 Å². The van der Waals surface area contributed by atoms with Gasteiger partial charge in [-0.25, -0.2) is 0 Å². The summed E-state index contributed by atoms with van der Waals surface area (Å²) in [4.78, 5) is 15.1. The van der Waals surface area contributed by atoms with Gasteiger partial charge in [-0.15, -0.1) is 11.8 Å². The van der Waals surface area contributed by atoms with Gasteiger partial charge < -0.3 is 15.0 Å². The molecule has 0 spiro atoms. The van der Waals surface area contributed by atoms with Gasteiger partial charge in [-0.3, -0.25) is 4.79 Å². The third-order valence-corrected chi connectivity index (χ3v) is 6.75. The molecule has 0 radical (unpaired) electrons. The molecule has 4 nitrogen and oxygen atoms in total. The van der Waals surface area contributed by atoms with Crippen LogP contribution in [-0.4, -0.2) is 48.3 Å². The summed E-state index contributed by atoms with van der Waals surface area (Å²) in [6.07, 6.45) is 5.14. The summed E-state index contributed by atoms with van der Waals surface area (Å²) in [6, 6.07) is 7.20. The van der Waals surface area contributed by atoms with Crippen LogP contribution in [0.15, 0.2) is 23.1 Å². The number of benzene rings is 1. The number of thioether (sulfide) groups is 1. The van der Waals surface area contributed by atoms with E-state index in [0.29, 0.717) is 22.6 Å². The number of carbonyl (C=O) groups is 1. The Hall–Kier alpha value is -0.910. The van der Waals surface area contributed by atoms with E-state index >= 15 is 0 Å². The Kier molecular flexibility index (Phi) is 5.95. The molecule has 2 aliphatic rings. The van der Waals surface area contributed by atoms with Gasteiger partial charge in [-0.2, -0.15) is 0 Å². The van der Waals surface area contributed by atoms with Gasteiger partial charge >= 0.3 is 0 Å². The van der Waals surface area contributed by atoms with Gasteiger partial charge in [-0.05, 0) is 57.9 Å². The number of ether oxygens (including phenoxy) is 1. The summed E-state index contributed by atoms with van der Waals surface area (Å²) in [5.41, 5.74) is 0. The molecule has 2 heterocycles. The van der Waals surface area contributed by atoms with Crippen molar-refractivity contribution >= 4 is 29.3 Å². The molecule has 3 rings (SSSR count). The van der Waals surface area contributed by atoms with Crippen molar-refractivity contribution in [3.63, 3.8) is 0 Å². The molecule has 24 heavy (non-hydrogen) atoms. The van der Waals surface area contributed by atoms with E-state index in [2.05, 4.69) is 17.3 Å². The van der Waals surface area contributed by atoms with Gasteiger partial charge in [-0.1, -0.05) is 11.6 Å². The third-order valence-electron chi connectivity index (χ3n) is 5.00. The summed E-state index contributed by atoms with van der Waals surface area (Å²) in [7, 11) is 2.26. The number of rotatable bonds is 6. The second-order valence-electron chi connectivity index (χ2n) is 6.60. The number of carbonyl (C=O) groups excluding carboxylic acids is 1. The van der Waals surface area contributed by atoms with Crippen LogP contribution in [0.5, 0.6) is 5.75 Å². The first-order valence-electron chi connectivity index (χ1n) is 8.64. The standard InChI is InChI=1S/C18H25ClN2O2S/c1-3-20-18(22)11-23-14-6-7-17(16(19)10-14)24-15-8-12-4-5-13(9-15)21(12)2/h6-7,10,12-13,15H,3-5,8-9,11H2,1-2H3,(H,20,22)/t12-,13+,15?. The highest BCUT2D eigenvalue weighted by Gasteiger charge is 2.38. The van der Waals surface area contributed by atoms with Gasteiger partial charge in [0, 0.05) is 28.8 Å². The zero-order valence-electron chi connectivity index (χ0n) is 14.3. The maximum Gasteiger partial charge on any atom is 0.257 e. The van der Waals surface area contributed by atoms with E-state index in [9.17, 15) is 4.79 Å². The Morgan fingerprint density at radius 2 is 2.08 bits per heavy atom. The number of nitrogens with one attached hydrogen (secondary N) is 1. The van der Waals surface area contributed by atoms with Crippen molar-refractivity contribution in [2.24, 2.45) is 0 Å². The normalized spacial score (nSPS) is 26.4.